The Balaban J connectivity index is 5.36. The maximum absolute atomic E-state index is 13.0. The summed E-state index contributed by atoms with van der Waals surface area (Å²) in [6.45, 7) is -4.61. The molecule has 0 aliphatic rings. The van der Waals surface area contributed by atoms with Gasteiger partial charge in [0, 0.05) is 13.5 Å². The summed E-state index contributed by atoms with van der Waals surface area (Å²) in [6.07, 6.45) is -21.6. The van der Waals surface area contributed by atoms with Crippen LogP contribution in [0.4, 0.5) is 57.1 Å². The van der Waals surface area contributed by atoms with E-state index in [9.17, 15) is 57.1 Å². The third kappa shape index (κ3) is 5.73. The minimum atomic E-state index is -6.85. The van der Waals surface area contributed by atoms with Gasteiger partial charge in [0.1, 0.15) is 6.61 Å². The van der Waals surface area contributed by atoms with Gasteiger partial charge in [-0.1, -0.05) is 0 Å². The number of hydrogen-bond donors (Lipinski definition) is 0. The van der Waals surface area contributed by atoms with Gasteiger partial charge in [0.2, 0.25) is 0 Å². The van der Waals surface area contributed by atoms with Gasteiger partial charge in [0.15, 0.2) is 0 Å². The molecule has 0 amide bonds. The van der Waals surface area contributed by atoms with Gasteiger partial charge < -0.3 is 4.74 Å². The van der Waals surface area contributed by atoms with Gasteiger partial charge in [-0.25, -0.2) is 4.74 Å². The Morgan fingerprint density at radius 2 is 1.12 bits per heavy atom. The number of rotatable bonds is 10. The van der Waals surface area contributed by atoms with Crippen molar-refractivity contribution in [1.82, 2.24) is 0 Å². The molecule has 16 heteroatoms. The summed E-state index contributed by atoms with van der Waals surface area (Å²) in [7, 11) is 0.354. The third-order valence-electron chi connectivity index (χ3n) is 2.51. The van der Waals surface area contributed by atoms with Crippen molar-refractivity contribution in [2.75, 3.05) is 20.3 Å². The first-order valence-electron chi connectivity index (χ1n) is 6.01. The maximum atomic E-state index is 13.0. The van der Waals surface area contributed by atoms with Crippen molar-refractivity contribution < 1.29 is 71.3 Å². The third-order valence-corrected chi connectivity index (χ3v) is 2.51. The summed E-state index contributed by atoms with van der Waals surface area (Å²) in [5.41, 5.74) is 0. The molecule has 0 aliphatic carbocycles. The standard InChI is InChI=1S/C10H9F13O3/c1-24-4-6(13,14)7(15,16)9(19,20)26-8(17,18)5(11,12)2-3-25-10(21,22)23/h2-4H2,1H3. The minimum absolute atomic E-state index is 0.354. The monoisotopic (exact) mass is 424 g/mol. The lowest BCUT2D eigenvalue weighted by molar-refractivity contribution is -0.488. The SMILES string of the molecule is COCC(F)(F)C(F)(F)C(F)(F)OC(F)(F)C(F)(F)CCOC(F)(F)F. The Labute approximate surface area is 136 Å². The predicted molar refractivity (Wildman–Crippen MR) is 54.3 cm³/mol. The zero-order valence-corrected chi connectivity index (χ0v) is 12.3. The number of methoxy groups -OCH3 is 1. The van der Waals surface area contributed by atoms with Gasteiger partial charge in [0.05, 0.1) is 6.61 Å². The molecule has 0 saturated heterocycles. The fraction of sp³-hybridized carbons (Fsp3) is 1.00. The van der Waals surface area contributed by atoms with E-state index in [1.54, 1.807) is 0 Å². The van der Waals surface area contributed by atoms with Gasteiger partial charge in [-0.2, -0.15) is 43.9 Å². The fourth-order valence-electron chi connectivity index (χ4n) is 1.23. The van der Waals surface area contributed by atoms with Crippen molar-refractivity contribution in [3.05, 3.63) is 0 Å². The zero-order valence-electron chi connectivity index (χ0n) is 12.3. The molecule has 0 radical (unpaired) electrons. The Bertz CT molecular complexity index is 460. The quantitative estimate of drug-likeness (QED) is 0.478. The highest BCUT2D eigenvalue weighted by atomic mass is 19.4. The van der Waals surface area contributed by atoms with Crippen LogP contribution in [-0.2, 0) is 14.2 Å². The molecule has 0 aromatic rings. The summed E-state index contributed by atoms with van der Waals surface area (Å²) in [5.74, 6) is -18.5. The van der Waals surface area contributed by atoms with Crippen LogP contribution >= 0.6 is 0 Å². The summed E-state index contributed by atoms with van der Waals surface area (Å²) in [5, 5.41) is 0. The van der Waals surface area contributed by atoms with E-state index in [2.05, 4.69) is 9.47 Å². The van der Waals surface area contributed by atoms with Gasteiger partial charge in [0.25, 0.3) is 0 Å². The second kappa shape index (κ2) is 7.53. The predicted octanol–water partition coefficient (Wildman–Crippen LogP) is 4.67. The van der Waals surface area contributed by atoms with E-state index in [0.717, 1.165) is 0 Å². The molecule has 0 aromatic heterocycles. The maximum Gasteiger partial charge on any atom is 0.522 e. The van der Waals surface area contributed by atoms with E-state index in [-0.39, 0.29) is 0 Å². The smallest absolute Gasteiger partial charge is 0.378 e. The van der Waals surface area contributed by atoms with Gasteiger partial charge in [-0.05, 0) is 0 Å². The second-order valence-corrected chi connectivity index (χ2v) is 4.60. The molecule has 0 fully saturated rings. The molecule has 3 nitrogen and oxygen atoms in total. The van der Waals surface area contributed by atoms with E-state index in [1.807, 2.05) is 4.74 Å². The molecule has 0 N–H and O–H groups in total. The van der Waals surface area contributed by atoms with Crippen molar-refractivity contribution in [2.24, 2.45) is 0 Å². The molecule has 0 rings (SSSR count). The molecule has 26 heavy (non-hydrogen) atoms. The molecule has 0 unspecified atom stereocenters. The summed E-state index contributed by atoms with van der Waals surface area (Å²) in [6, 6.07) is 0. The van der Waals surface area contributed by atoms with Crippen molar-refractivity contribution >= 4 is 0 Å². The van der Waals surface area contributed by atoms with Crippen LogP contribution in [0, 0.1) is 0 Å². The highest BCUT2D eigenvalue weighted by molar-refractivity contribution is 4.93. The van der Waals surface area contributed by atoms with Gasteiger partial charge >= 0.3 is 36.3 Å². The van der Waals surface area contributed by atoms with Crippen LogP contribution in [0.2, 0.25) is 0 Å². The normalized spacial score (nSPS) is 15.5. The molecular formula is C10H9F13O3. The lowest BCUT2D eigenvalue weighted by Crippen LogP contribution is -2.61. The Morgan fingerprint density at radius 3 is 1.50 bits per heavy atom. The summed E-state index contributed by atoms with van der Waals surface area (Å²) >= 11 is 0. The molecule has 0 bridgehead atoms. The number of halogens is 13. The number of ether oxygens (including phenoxy) is 3. The summed E-state index contributed by atoms with van der Waals surface area (Å²) < 4.78 is 173. The van der Waals surface area contributed by atoms with E-state index in [0.29, 0.717) is 7.11 Å². The highest BCUT2D eigenvalue weighted by Crippen LogP contribution is 2.51. The van der Waals surface area contributed by atoms with Crippen LogP contribution in [-0.4, -0.2) is 56.7 Å². The first kappa shape index (κ1) is 25.0. The average Bonchev–Trinajstić information content (AvgIpc) is 2.34. The highest BCUT2D eigenvalue weighted by Gasteiger charge is 2.77. The Kier molecular flexibility index (Phi) is 7.24. The van der Waals surface area contributed by atoms with E-state index in [1.165, 1.54) is 0 Å². The summed E-state index contributed by atoms with van der Waals surface area (Å²) in [4.78, 5) is 0. The second-order valence-electron chi connectivity index (χ2n) is 4.60. The molecule has 0 aliphatic heterocycles. The lowest BCUT2D eigenvalue weighted by atomic mass is 10.1. The van der Waals surface area contributed by atoms with Crippen molar-refractivity contribution in [1.29, 1.82) is 0 Å². The molecule has 0 spiro atoms. The minimum Gasteiger partial charge on any atom is -0.378 e. The molecule has 0 saturated carbocycles. The lowest BCUT2D eigenvalue weighted by Gasteiger charge is -2.35. The average molecular weight is 424 g/mol. The van der Waals surface area contributed by atoms with Crippen LogP contribution in [0.5, 0.6) is 0 Å². The molecule has 0 aromatic carbocycles. The topological polar surface area (TPSA) is 27.7 Å². The van der Waals surface area contributed by atoms with E-state index < -0.39 is 56.0 Å². The first-order valence-corrected chi connectivity index (χ1v) is 6.01. The van der Waals surface area contributed by atoms with Gasteiger partial charge in [-0.15, -0.1) is 13.2 Å². The Morgan fingerprint density at radius 1 is 0.654 bits per heavy atom. The van der Waals surface area contributed by atoms with Crippen LogP contribution < -0.4 is 0 Å². The molecule has 0 heterocycles. The van der Waals surface area contributed by atoms with Crippen LogP contribution in [0.3, 0.4) is 0 Å². The molecule has 158 valence electrons. The first-order chi connectivity index (χ1) is 11.2. The largest absolute Gasteiger partial charge is 0.522 e. The van der Waals surface area contributed by atoms with Crippen molar-refractivity contribution in [3.63, 3.8) is 0 Å². The van der Waals surface area contributed by atoms with Crippen LogP contribution in [0.15, 0.2) is 0 Å². The van der Waals surface area contributed by atoms with Crippen molar-refractivity contribution in [3.8, 4) is 0 Å². The van der Waals surface area contributed by atoms with E-state index >= 15 is 0 Å². The molecule has 0 atom stereocenters. The van der Waals surface area contributed by atoms with E-state index in [4.69, 9.17) is 0 Å². The van der Waals surface area contributed by atoms with Crippen molar-refractivity contribution in [2.45, 2.75) is 42.8 Å². The number of alkyl halides is 13. The van der Waals surface area contributed by atoms with Crippen LogP contribution in [0.25, 0.3) is 0 Å². The van der Waals surface area contributed by atoms with Gasteiger partial charge in [-0.3, -0.25) is 4.74 Å². The van der Waals surface area contributed by atoms with Crippen LogP contribution in [0.1, 0.15) is 6.42 Å². The Hall–Kier alpha value is -1.03. The zero-order chi connectivity index (χ0) is 21.2. The fourth-order valence-corrected chi connectivity index (χ4v) is 1.23. The molecular weight excluding hydrogens is 415 g/mol. The number of hydrogen-bond acceptors (Lipinski definition) is 3.